The van der Waals surface area contributed by atoms with E-state index in [-0.39, 0.29) is 24.8 Å². The summed E-state index contributed by atoms with van der Waals surface area (Å²) in [6.45, 7) is 0.186. The van der Waals surface area contributed by atoms with Gasteiger partial charge >= 0.3 is 0 Å². The van der Waals surface area contributed by atoms with E-state index in [0.717, 1.165) is 11.3 Å². The average Bonchev–Trinajstić information content (AvgIpc) is 2.67. The molecule has 2 aromatic rings. The van der Waals surface area contributed by atoms with Crippen LogP contribution in [0.3, 0.4) is 0 Å². The Bertz CT molecular complexity index is 773. The van der Waals surface area contributed by atoms with Crippen molar-refractivity contribution in [1.29, 1.82) is 0 Å². The second-order valence-corrected chi connectivity index (χ2v) is 5.72. The SMILES string of the molecule is CNC(=O)C1CN(C(=O)Cc2ccc(OC)cc2)c2ccccc2O1. The molecule has 2 amide bonds. The summed E-state index contributed by atoms with van der Waals surface area (Å²) in [6.07, 6.45) is -0.488. The van der Waals surface area contributed by atoms with Crippen LogP contribution in [0.1, 0.15) is 5.56 Å². The number of amides is 2. The Morgan fingerprint density at radius 1 is 1.20 bits per heavy atom. The minimum absolute atomic E-state index is 0.0881. The number of carbonyl (C=O) groups excluding carboxylic acids is 2. The maximum absolute atomic E-state index is 12.8. The van der Waals surface area contributed by atoms with Gasteiger partial charge in [0.25, 0.3) is 5.91 Å². The van der Waals surface area contributed by atoms with Gasteiger partial charge in [0.05, 0.1) is 25.8 Å². The molecule has 3 rings (SSSR count). The fourth-order valence-corrected chi connectivity index (χ4v) is 2.78. The van der Waals surface area contributed by atoms with Crippen molar-refractivity contribution in [3.05, 3.63) is 54.1 Å². The predicted molar refractivity (Wildman–Crippen MR) is 94.0 cm³/mol. The number of carbonyl (C=O) groups is 2. The Balaban J connectivity index is 1.83. The first-order valence-corrected chi connectivity index (χ1v) is 8.03. The van der Waals surface area contributed by atoms with Crippen molar-refractivity contribution < 1.29 is 19.1 Å². The molecule has 0 radical (unpaired) electrons. The molecule has 0 aromatic heterocycles. The second-order valence-electron chi connectivity index (χ2n) is 5.72. The van der Waals surface area contributed by atoms with Gasteiger partial charge in [0.15, 0.2) is 6.10 Å². The topological polar surface area (TPSA) is 67.9 Å². The molecule has 6 heteroatoms. The number of para-hydroxylation sites is 2. The zero-order chi connectivity index (χ0) is 17.8. The highest BCUT2D eigenvalue weighted by Crippen LogP contribution is 2.33. The number of ether oxygens (including phenoxy) is 2. The number of likely N-dealkylation sites (N-methyl/N-ethyl adjacent to an activating group) is 1. The molecule has 0 saturated heterocycles. The van der Waals surface area contributed by atoms with Crippen LogP contribution in [0.4, 0.5) is 5.69 Å². The first-order chi connectivity index (χ1) is 12.1. The third kappa shape index (κ3) is 3.57. The van der Waals surface area contributed by atoms with E-state index in [1.165, 1.54) is 0 Å². The summed E-state index contributed by atoms with van der Waals surface area (Å²) in [5.41, 5.74) is 1.56. The van der Waals surface area contributed by atoms with Gasteiger partial charge in [-0.2, -0.15) is 0 Å². The Morgan fingerprint density at radius 3 is 2.60 bits per heavy atom. The molecule has 1 aliphatic heterocycles. The quantitative estimate of drug-likeness (QED) is 0.921. The van der Waals surface area contributed by atoms with Crippen LogP contribution in [0.5, 0.6) is 11.5 Å². The van der Waals surface area contributed by atoms with E-state index < -0.39 is 6.10 Å². The predicted octanol–water partition coefficient (Wildman–Crippen LogP) is 1.78. The molecule has 1 atom stereocenters. The molecule has 6 nitrogen and oxygen atoms in total. The number of nitrogens with zero attached hydrogens (tertiary/aromatic N) is 1. The van der Waals surface area contributed by atoms with Gasteiger partial charge in [-0.25, -0.2) is 0 Å². The zero-order valence-corrected chi connectivity index (χ0v) is 14.2. The molecule has 0 spiro atoms. The lowest BCUT2D eigenvalue weighted by atomic mass is 10.1. The zero-order valence-electron chi connectivity index (χ0n) is 14.2. The first kappa shape index (κ1) is 16.8. The van der Waals surface area contributed by atoms with Gasteiger partial charge in [-0.05, 0) is 29.8 Å². The third-order valence-electron chi connectivity index (χ3n) is 4.13. The molecule has 130 valence electrons. The van der Waals surface area contributed by atoms with Crippen LogP contribution >= 0.6 is 0 Å². The normalized spacial score (nSPS) is 15.8. The van der Waals surface area contributed by atoms with E-state index in [9.17, 15) is 9.59 Å². The summed E-state index contributed by atoms with van der Waals surface area (Å²) in [6, 6.07) is 14.6. The minimum atomic E-state index is -0.722. The summed E-state index contributed by atoms with van der Waals surface area (Å²) in [5.74, 6) is 0.935. The van der Waals surface area contributed by atoms with Crippen molar-refractivity contribution in [1.82, 2.24) is 5.32 Å². The van der Waals surface area contributed by atoms with Gasteiger partial charge in [-0.1, -0.05) is 24.3 Å². The summed E-state index contributed by atoms with van der Waals surface area (Å²) in [4.78, 5) is 26.4. The molecule has 0 saturated carbocycles. The van der Waals surface area contributed by atoms with Crippen molar-refractivity contribution in [2.24, 2.45) is 0 Å². The fourth-order valence-electron chi connectivity index (χ4n) is 2.78. The van der Waals surface area contributed by atoms with Gasteiger partial charge in [-0.15, -0.1) is 0 Å². The van der Waals surface area contributed by atoms with Crippen molar-refractivity contribution >= 4 is 17.5 Å². The van der Waals surface area contributed by atoms with Crippen LogP contribution in [0, 0.1) is 0 Å². The monoisotopic (exact) mass is 340 g/mol. The molecule has 1 N–H and O–H groups in total. The molecule has 1 aliphatic rings. The minimum Gasteiger partial charge on any atom is -0.497 e. The molecule has 1 unspecified atom stereocenters. The Morgan fingerprint density at radius 2 is 1.92 bits per heavy atom. The number of hydrogen-bond acceptors (Lipinski definition) is 4. The molecule has 0 fully saturated rings. The number of fused-ring (bicyclic) bond motifs is 1. The van der Waals surface area contributed by atoms with Crippen molar-refractivity contribution in [2.45, 2.75) is 12.5 Å². The van der Waals surface area contributed by atoms with Crippen LogP contribution in [0.25, 0.3) is 0 Å². The molecule has 2 aromatic carbocycles. The molecule has 1 heterocycles. The molecule has 25 heavy (non-hydrogen) atoms. The highest BCUT2D eigenvalue weighted by Gasteiger charge is 2.33. The Hall–Kier alpha value is -3.02. The summed E-state index contributed by atoms with van der Waals surface area (Å²) >= 11 is 0. The highest BCUT2D eigenvalue weighted by atomic mass is 16.5. The van der Waals surface area contributed by atoms with Crippen LogP contribution in [0.15, 0.2) is 48.5 Å². The molecular weight excluding hydrogens is 320 g/mol. The number of nitrogens with one attached hydrogen (secondary N) is 1. The molecule has 0 bridgehead atoms. The van der Waals surface area contributed by atoms with E-state index in [0.29, 0.717) is 11.4 Å². The number of benzene rings is 2. The number of rotatable bonds is 4. The van der Waals surface area contributed by atoms with Gasteiger partial charge in [0.1, 0.15) is 11.5 Å². The number of methoxy groups -OCH3 is 1. The first-order valence-electron chi connectivity index (χ1n) is 8.03. The van der Waals surface area contributed by atoms with Crippen LogP contribution in [0.2, 0.25) is 0 Å². The van der Waals surface area contributed by atoms with Crippen molar-refractivity contribution in [2.75, 3.05) is 25.6 Å². The third-order valence-corrected chi connectivity index (χ3v) is 4.13. The van der Waals surface area contributed by atoms with E-state index in [1.807, 2.05) is 42.5 Å². The maximum Gasteiger partial charge on any atom is 0.262 e. The lowest BCUT2D eigenvalue weighted by molar-refractivity contribution is -0.127. The largest absolute Gasteiger partial charge is 0.497 e. The standard InChI is InChI=1S/C19H20N2O4/c1-20-19(23)17-12-21(15-5-3-4-6-16(15)25-17)18(22)11-13-7-9-14(24-2)10-8-13/h3-10,17H,11-12H2,1-2H3,(H,20,23). The van der Waals surface area contributed by atoms with Gasteiger partial charge < -0.3 is 19.7 Å². The molecule has 0 aliphatic carbocycles. The van der Waals surface area contributed by atoms with Crippen LogP contribution in [-0.4, -0.2) is 38.6 Å². The van der Waals surface area contributed by atoms with Gasteiger partial charge in [0.2, 0.25) is 5.91 Å². The Kier molecular flexibility index (Phi) is 4.88. The second kappa shape index (κ2) is 7.25. The van der Waals surface area contributed by atoms with Gasteiger partial charge in [0, 0.05) is 7.05 Å². The van der Waals surface area contributed by atoms with Crippen LogP contribution in [-0.2, 0) is 16.0 Å². The van der Waals surface area contributed by atoms with E-state index in [4.69, 9.17) is 9.47 Å². The number of hydrogen-bond donors (Lipinski definition) is 1. The summed E-state index contributed by atoms with van der Waals surface area (Å²) in [7, 11) is 3.15. The van der Waals surface area contributed by atoms with Gasteiger partial charge in [-0.3, -0.25) is 9.59 Å². The molecular formula is C19H20N2O4. The van der Waals surface area contributed by atoms with Crippen LogP contribution < -0.4 is 19.7 Å². The highest BCUT2D eigenvalue weighted by molar-refractivity contribution is 5.98. The smallest absolute Gasteiger partial charge is 0.262 e. The summed E-state index contributed by atoms with van der Waals surface area (Å²) in [5, 5.41) is 2.57. The lowest BCUT2D eigenvalue weighted by Gasteiger charge is -2.34. The lowest BCUT2D eigenvalue weighted by Crippen LogP contribution is -2.50. The van der Waals surface area contributed by atoms with E-state index >= 15 is 0 Å². The average molecular weight is 340 g/mol. The van der Waals surface area contributed by atoms with Crippen molar-refractivity contribution in [3.8, 4) is 11.5 Å². The number of anilines is 1. The van der Waals surface area contributed by atoms with Crippen molar-refractivity contribution in [3.63, 3.8) is 0 Å². The maximum atomic E-state index is 12.8. The van der Waals surface area contributed by atoms with E-state index in [1.54, 1.807) is 25.1 Å². The Labute approximate surface area is 146 Å². The summed E-state index contributed by atoms with van der Waals surface area (Å²) < 4.78 is 10.9. The fraction of sp³-hybridized carbons (Fsp3) is 0.263. The van der Waals surface area contributed by atoms with E-state index in [2.05, 4.69) is 5.32 Å².